The van der Waals surface area contributed by atoms with Crippen LogP contribution < -0.4 is 10.6 Å². The predicted molar refractivity (Wildman–Crippen MR) is 131 cm³/mol. The molecule has 0 radical (unpaired) electrons. The van der Waals surface area contributed by atoms with Gasteiger partial charge in [-0.2, -0.15) is 5.10 Å². The van der Waals surface area contributed by atoms with Crippen LogP contribution in [0.1, 0.15) is 49.3 Å². The Balaban J connectivity index is 1.62. The SMILES string of the molecule is CCOC(=O)c1c2c(nn1CCNC(=O)OC(C)(C)C)-c1nc(Nc3ccccc3)ncc1CC2. The van der Waals surface area contributed by atoms with Crippen LogP contribution in [0.15, 0.2) is 36.5 Å². The van der Waals surface area contributed by atoms with Gasteiger partial charge < -0.3 is 20.1 Å². The number of hydrogen-bond acceptors (Lipinski definition) is 8. The zero-order chi connectivity index (χ0) is 25.0. The van der Waals surface area contributed by atoms with Crippen LogP contribution in [-0.2, 0) is 28.9 Å². The minimum atomic E-state index is -0.597. The van der Waals surface area contributed by atoms with Gasteiger partial charge in [-0.25, -0.2) is 19.6 Å². The van der Waals surface area contributed by atoms with E-state index < -0.39 is 17.7 Å². The number of rotatable bonds is 7. The first-order valence-electron chi connectivity index (χ1n) is 11.7. The van der Waals surface area contributed by atoms with E-state index in [0.717, 1.165) is 16.8 Å². The number of amides is 1. The van der Waals surface area contributed by atoms with E-state index in [9.17, 15) is 9.59 Å². The zero-order valence-corrected chi connectivity index (χ0v) is 20.4. The van der Waals surface area contributed by atoms with Gasteiger partial charge in [-0.3, -0.25) is 4.68 Å². The summed E-state index contributed by atoms with van der Waals surface area (Å²) < 4.78 is 12.2. The highest BCUT2D eigenvalue weighted by molar-refractivity contribution is 5.92. The molecule has 10 nitrogen and oxygen atoms in total. The number of nitrogens with zero attached hydrogens (tertiary/aromatic N) is 4. The number of anilines is 2. The lowest BCUT2D eigenvalue weighted by Gasteiger charge is -2.19. The highest BCUT2D eigenvalue weighted by Crippen LogP contribution is 2.34. The summed E-state index contributed by atoms with van der Waals surface area (Å²) in [7, 11) is 0. The van der Waals surface area contributed by atoms with Crippen molar-refractivity contribution >= 4 is 23.7 Å². The van der Waals surface area contributed by atoms with Crippen LogP contribution in [0, 0.1) is 0 Å². The number of benzene rings is 1. The molecule has 1 aromatic carbocycles. The van der Waals surface area contributed by atoms with Gasteiger partial charge >= 0.3 is 12.1 Å². The topological polar surface area (TPSA) is 120 Å². The van der Waals surface area contributed by atoms with E-state index in [1.165, 1.54) is 0 Å². The molecular formula is C25H30N6O4. The highest BCUT2D eigenvalue weighted by atomic mass is 16.6. The third-order valence-electron chi connectivity index (χ3n) is 5.27. The molecule has 1 aliphatic rings. The second kappa shape index (κ2) is 10.1. The van der Waals surface area contributed by atoms with Gasteiger partial charge in [0.05, 0.1) is 18.8 Å². The minimum Gasteiger partial charge on any atom is -0.461 e. The highest BCUT2D eigenvalue weighted by Gasteiger charge is 2.30. The summed E-state index contributed by atoms with van der Waals surface area (Å²) in [6.45, 7) is 7.92. The van der Waals surface area contributed by atoms with Crippen LogP contribution in [0.2, 0.25) is 0 Å². The number of aromatic nitrogens is 4. The zero-order valence-electron chi connectivity index (χ0n) is 20.4. The molecule has 0 aliphatic heterocycles. The quantitative estimate of drug-likeness (QED) is 0.491. The maximum atomic E-state index is 12.9. The fourth-order valence-corrected chi connectivity index (χ4v) is 3.86. The van der Waals surface area contributed by atoms with Crippen LogP contribution in [0.5, 0.6) is 0 Å². The second-order valence-electron chi connectivity index (χ2n) is 9.11. The van der Waals surface area contributed by atoms with Crippen molar-refractivity contribution in [2.24, 2.45) is 0 Å². The largest absolute Gasteiger partial charge is 0.461 e. The normalized spacial score (nSPS) is 12.3. The summed E-state index contributed by atoms with van der Waals surface area (Å²) in [5.41, 5.74) is 3.72. The average molecular weight is 479 g/mol. The number of fused-ring (bicyclic) bond motifs is 3. The lowest BCUT2D eigenvalue weighted by molar-refractivity contribution is 0.0510. The molecule has 1 amide bonds. The molecule has 0 saturated carbocycles. The van der Waals surface area contributed by atoms with E-state index in [2.05, 4.69) is 15.6 Å². The van der Waals surface area contributed by atoms with Gasteiger partial charge in [0.15, 0.2) is 0 Å². The van der Waals surface area contributed by atoms with E-state index in [1.54, 1.807) is 38.6 Å². The van der Waals surface area contributed by atoms with Crippen molar-refractivity contribution in [3.63, 3.8) is 0 Å². The number of alkyl carbamates (subject to hydrolysis) is 1. The Bertz CT molecular complexity index is 1220. The van der Waals surface area contributed by atoms with Gasteiger partial charge in [0.2, 0.25) is 5.95 Å². The van der Waals surface area contributed by atoms with E-state index in [1.807, 2.05) is 30.3 Å². The Labute approximate surface area is 204 Å². The second-order valence-corrected chi connectivity index (χ2v) is 9.11. The van der Waals surface area contributed by atoms with Gasteiger partial charge in [0, 0.05) is 24.0 Å². The molecule has 1 aliphatic carbocycles. The van der Waals surface area contributed by atoms with E-state index >= 15 is 0 Å². The van der Waals surface area contributed by atoms with Crippen molar-refractivity contribution in [1.82, 2.24) is 25.1 Å². The summed E-state index contributed by atoms with van der Waals surface area (Å²) in [5.74, 6) is 0.000264. The minimum absolute atomic E-state index is 0.235. The first-order valence-corrected chi connectivity index (χ1v) is 11.7. The van der Waals surface area contributed by atoms with Gasteiger partial charge in [-0.1, -0.05) is 18.2 Å². The lowest BCUT2D eigenvalue weighted by Crippen LogP contribution is -2.34. The number of esters is 1. The molecule has 3 aromatic rings. The first-order chi connectivity index (χ1) is 16.7. The van der Waals surface area contributed by atoms with Crippen molar-refractivity contribution in [3.05, 3.63) is 53.3 Å². The molecule has 0 unspecified atom stereocenters. The van der Waals surface area contributed by atoms with Gasteiger partial charge in [-0.15, -0.1) is 0 Å². The van der Waals surface area contributed by atoms with Crippen molar-refractivity contribution in [2.45, 2.75) is 52.7 Å². The fraction of sp³-hybridized carbons (Fsp3) is 0.400. The van der Waals surface area contributed by atoms with E-state index in [4.69, 9.17) is 19.6 Å². The summed E-state index contributed by atoms with van der Waals surface area (Å²) >= 11 is 0. The van der Waals surface area contributed by atoms with Crippen molar-refractivity contribution in [2.75, 3.05) is 18.5 Å². The standard InChI is InChI=1S/C25H30N6O4/c1-5-34-22(32)21-18-12-11-16-15-27-23(28-17-9-7-6-8-10-17)29-19(16)20(18)30-31(21)14-13-26-24(33)35-25(2,3)4/h6-10,15H,5,11-14H2,1-4H3,(H,26,33)(H,27,28,29). The Kier molecular flexibility index (Phi) is 6.99. The van der Waals surface area contributed by atoms with Gasteiger partial charge in [-0.05, 0) is 58.2 Å². The molecule has 0 fully saturated rings. The molecule has 0 bridgehead atoms. The summed E-state index contributed by atoms with van der Waals surface area (Å²) in [4.78, 5) is 34.1. The van der Waals surface area contributed by atoms with Crippen molar-refractivity contribution in [1.29, 1.82) is 0 Å². The van der Waals surface area contributed by atoms with Gasteiger partial charge in [0.1, 0.15) is 17.0 Å². The lowest BCUT2D eigenvalue weighted by atomic mass is 9.93. The fourth-order valence-electron chi connectivity index (χ4n) is 3.86. The number of para-hydroxylation sites is 1. The third kappa shape index (κ3) is 5.76. The Morgan fingerprint density at radius 1 is 1.11 bits per heavy atom. The van der Waals surface area contributed by atoms with Crippen LogP contribution in [-0.4, -0.2) is 50.6 Å². The van der Waals surface area contributed by atoms with Crippen LogP contribution in [0.25, 0.3) is 11.4 Å². The van der Waals surface area contributed by atoms with E-state index in [0.29, 0.717) is 35.9 Å². The number of hydrogen-bond donors (Lipinski definition) is 2. The summed E-state index contributed by atoms with van der Waals surface area (Å²) in [6.07, 6.45) is 2.57. The monoisotopic (exact) mass is 478 g/mol. The molecule has 0 saturated heterocycles. The molecule has 2 aromatic heterocycles. The maximum absolute atomic E-state index is 12.9. The molecule has 0 spiro atoms. The number of nitrogens with one attached hydrogen (secondary N) is 2. The van der Waals surface area contributed by atoms with Crippen molar-refractivity contribution < 1.29 is 19.1 Å². The molecule has 184 valence electrons. The molecule has 2 heterocycles. The molecule has 4 rings (SSSR count). The summed E-state index contributed by atoms with van der Waals surface area (Å²) in [6, 6.07) is 9.65. The van der Waals surface area contributed by atoms with Crippen molar-refractivity contribution in [3.8, 4) is 11.4 Å². The molecule has 10 heteroatoms. The van der Waals surface area contributed by atoms with Crippen LogP contribution in [0.3, 0.4) is 0 Å². The average Bonchev–Trinajstić information content (AvgIpc) is 3.17. The first kappa shape index (κ1) is 24.2. The molecule has 2 N–H and O–H groups in total. The van der Waals surface area contributed by atoms with E-state index in [-0.39, 0.29) is 19.7 Å². The summed E-state index contributed by atoms with van der Waals surface area (Å²) in [5, 5.41) is 10.6. The third-order valence-corrected chi connectivity index (χ3v) is 5.27. The number of ether oxygens (including phenoxy) is 2. The smallest absolute Gasteiger partial charge is 0.407 e. The number of aryl methyl sites for hydroxylation is 1. The van der Waals surface area contributed by atoms with Crippen LogP contribution >= 0.6 is 0 Å². The van der Waals surface area contributed by atoms with Gasteiger partial charge in [0.25, 0.3) is 0 Å². The molecule has 35 heavy (non-hydrogen) atoms. The number of carbonyl (C=O) groups is 2. The Morgan fingerprint density at radius 2 is 1.89 bits per heavy atom. The molecule has 0 atom stereocenters. The Morgan fingerprint density at radius 3 is 2.60 bits per heavy atom. The predicted octanol–water partition coefficient (Wildman–Crippen LogP) is 3.88. The molecular weight excluding hydrogens is 448 g/mol. The number of carbonyl (C=O) groups excluding carboxylic acids is 2. The Hall–Kier alpha value is -3.95. The maximum Gasteiger partial charge on any atom is 0.407 e. The van der Waals surface area contributed by atoms with Crippen LogP contribution in [0.4, 0.5) is 16.4 Å².